The maximum absolute atomic E-state index is 12.2. The van der Waals surface area contributed by atoms with Crippen LogP contribution in [0, 0.1) is 0 Å². The Morgan fingerprint density at radius 2 is 1.79 bits per heavy atom. The normalized spacial score (nSPS) is 11.2. The van der Waals surface area contributed by atoms with Crippen molar-refractivity contribution in [2.75, 3.05) is 11.4 Å². The Labute approximate surface area is 109 Å². The van der Waals surface area contributed by atoms with E-state index in [9.17, 15) is 13.2 Å². The Kier molecular flexibility index (Phi) is 3.30. The first-order valence-corrected chi connectivity index (χ1v) is 6.74. The fourth-order valence-corrected chi connectivity index (χ4v) is 2.59. The summed E-state index contributed by atoms with van der Waals surface area (Å²) in [5.41, 5.74) is 0.454. The number of benzene rings is 1. The van der Waals surface area contributed by atoms with Crippen molar-refractivity contribution >= 4 is 21.7 Å². The summed E-state index contributed by atoms with van der Waals surface area (Å²) in [5, 5.41) is 8.31. The van der Waals surface area contributed by atoms with Crippen LogP contribution in [0.15, 0.2) is 52.0 Å². The Hall–Kier alpha value is -2.28. The Balaban J connectivity index is 2.39. The van der Waals surface area contributed by atoms with Gasteiger partial charge in [0.2, 0.25) is 10.9 Å². The van der Waals surface area contributed by atoms with E-state index in [0.29, 0.717) is 5.69 Å². The molecule has 2 rings (SSSR count). The monoisotopic (exact) mass is 281 g/mol. The molecule has 0 saturated carbocycles. The summed E-state index contributed by atoms with van der Waals surface area (Å²) in [7, 11) is -2.53. The van der Waals surface area contributed by atoms with Crippen molar-refractivity contribution in [1.82, 2.24) is 0 Å². The molecule has 0 aliphatic carbocycles. The lowest BCUT2D eigenvalue weighted by atomic mass is 10.3. The Morgan fingerprint density at radius 3 is 2.32 bits per heavy atom. The van der Waals surface area contributed by atoms with Gasteiger partial charge in [-0.3, -0.25) is 4.31 Å². The zero-order chi connectivity index (χ0) is 14.0. The highest BCUT2D eigenvalue weighted by molar-refractivity contribution is 7.92. The van der Waals surface area contributed by atoms with Gasteiger partial charge < -0.3 is 9.52 Å². The number of rotatable bonds is 4. The molecule has 1 aromatic heterocycles. The van der Waals surface area contributed by atoms with E-state index in [1.165, 1.54) is 7.05 Å². The van der Waals surface area contributed by atoms with Crippen LogP contribution in [0.1, 0.15) is 10.6 Å². The first-order valence-electron chi connectivity index (χ1n) is 5.30. The van der Waals surface area contributed by atoms with Crippen molar-refractivity contribution in [3.63, 3.8) is 0 Å². The van der Waals surface area contributed by atoms with E-state index in [2.05, 4.69) is 0 Å². The number of hydrogen-bond donors (Lipinski definition) is 1. The molecule has 0 spiro atoms. The highest BCUT2D eigenvalue weighted by atomic mass is 32.2. The number of furan rings is 1. The minimum Gasteiger partial charge on any atom is -0.475 e. The molecule has 1 N–H and O–H groups in total. The first-order chi connectivity index (χ1) is 8.93. The molecule has 1 aromatic carbocycles. The van der Waals surface area contributed by atoms with Crippen LogP contribution in [0.3, 0.4) is 0 Å². The Bertz CT molecular complexity index is 690. The third-order valence-electron chi connectivity index (χ3n) is 2.53. The maximum Gasteiger partial charge on any atom is 0.371 e. The number of carboxylic acid groups (broad SMARTS) is 1. The number of para-hydroxylation sites is 1. The van der Waals surface area contributed by atoms with Crippen LogP contribution >= 0.6 is 0 Å². The third-order valence-corrected chi connectivity index (χ3v) is 4.19. The van der Waals surface area contributed by atoms with Gasteiger partial charge in [-0.25, -0.2) is 4.79 Å². The van der Waals surface area contributed by atoms with Gasteiger partial charge in [0.25, 0.3) is 10.0 Å². The second-order valence-electron chi connectivity index (χ2n) is 3.73. The number of aromatic carboxylic acids is 1. The van der Waals surface area contributed by atoms with Crippen molar-refractivity contribution in [3.05, 3.63) is 48.2 Å². The topological polar surface area (TPSA) is 87.8 Å². The molecule has 0 aliphatic rings. The molecule has 6 nitrogen and oxygen atoms in total. The highest BCUT2D eigenvalue weighted by Crippen LogP contribution is 2.23. The second kappa shape index (κ2) is 4.77. The molecule has 0 unspecified atom stereocenters. The van der Waals surface area contributed by atoms with Crippen molar-refractivity contribution in [2.24, 2.45) is 0 Å². The number of hydrogen-bond acceptors (Lipinski definition) is 4. The van der Waals surface area contributed by atoms with Gasteiger partial charge in [-0.15, -0.1) is 0 Å². The highest BCUT2D eigenvalue weighted by Gasteiger charge is 2.26. The summed E-state index contributed by atoms with van der Waals surface area (Å²) >= 11 is 0. The van der Waals surface area contributed by atoms with E-state index in [-0.39, 0.29) is 0 Å². The standard InChI is InChI=1S/C12H11NO5S/c1-13(9-5-3-2-4-6-9)19(16,17)11-8-7-10(18-11)12(14)15/h2-8H,1H3,(H,14,15). The average molecular weight is 281 g/mol. The fraction of sp³-hybridized carbons (Fsp3) is 0.0833. The molecule has 0 aliphatic heterocycles. The van der Waals surface area contributed by atoms with Gasteiger partial charge in [-0.2, -0.15) is 8.42 Å². The number of carbonyl (C=O) groups is 1. The molecule has 0 amide bonds. The lowest BCUT2D eigenvalue weighted by Gasteiger charge is -2.17. The maximum atomic E-state index is 12.2. The molecular formula is C12H11NO5S. The molecule has 0 fully saturated rings. The van der Waals surface area contributed by atoms with Gasteiger partial charge >= 0.3 is 5.97 Å². The summed E-state index contributed by atoms with van der Waals surface area (Å²) in [4.78, 5) is 10.7. The van der Waals surface area contributed by atoms with Crippen molar-refractivity contribution in [3.8, 4) is 0 Å². The smallest absolute Gasteiger partial charge is 0.371 e. The lowest BCUT2D eigenvalue weighted by molar-refractivity contribution is 0.0656. The average Bonchev–Trinajstić information content (AvgIpc) is 2.89. The number of sulfonamides is 1. The quantitative estimate of drug-likeness (QED) is 0.923. The minimum atomic E-state index is -3.90. The molecule has 19 heavy (non-hydrogen) atoms. The van der Waals surface area contributed by atoms with E-state index in [1.807, 2.05) is 0 Å². The van der Waals surface area contributed by atoms with Gasteiger partial charge in [-0.1, -0.05) is 18.2 Å². The second-order valence-corrected chi connectivity index (χ2v) is 5.63. The molecule has 7 heteroatoms. The van der Waals surface area contributed by atoms with Crippen LogP contribution in [-0.2, 0) is 10.0 Å². The molecule has 0 atom stereocenters. The van der Waals surface area contributed by atoms with Gasteiger partial charge in [0.1, 0.15) is 0 Å². The van der Waals surface area contributed by atoms with Gasteiger partial charge in [0.15, 0.2) is 0 Å². The molecule has 0 radical (unpaired) electrons. The lowest BCUT2D eigenvalue weighted by Crippen LogP contribution is -2.26. The fourth-order valence-electron chi connectivity index (χ4n) is 1.49. The van der Waals surface area contributed by atoms with Crippen molar-refractivity contribution < 1.29 is 22.7 Å². The van der Waals surface area contributed by atoms with E-state index < -0.39 is 26.8 Å². The summed E-state index contributed by atoms with van der Waals surface area (Å²) in [5.74, 6) is -1.73. The third kappa shape index (κ3) is 2.45. The van der Waals surface area contributed by atoms with Crippen LogP contribution in [0.25, 0.3) is 0 Å². The predicted molar refractivity (Wildman–Crippen MR) is 67.7 cm³/mol. The number of carboxylic acids is 1. The summed E-state index contributed by atoms with van der Waals surface area (Å²) in [6, 6.07) is 10.6. The summed E-state index contributed by atoms with van der Waals surface area (Å²) in [6.45, 7) is 0. The Morgan fingerprint density at radius 1 is 1.16 bits per heavy atom. The first kappa shape index (κ1) is 13.2. The van der Waals surface area contributed by atoms with Crippen LogP contribution in [0.5, 0.6) is 0 Å². The molecular weight excluding hydrogens is 270 g/mol. The largest absolute Gasteiger partial charge is 0.475 e. The molecule has 2 aromatic rings. The zero-order valence-electron chi connectivity index (χ0n) is 9.98. The summed E-state index contributed by atoms with van der Waals surface area (Å²) in [6.07, 6.45) is 0. The van der Waals surface area contributed by atoms with Crippen molar-refractivity contribution in [2.45, 2.75) is 5.09 Å². The number of nitrogens with zero attached hydrogens (tertiary/aromatic N) is 1. The molecule has 0 bridgehead atoms. The van der Waals surface area contributed by atoms with Gasteiger partial charge in [0, 0.05) is 7.05 Å². The predicted octanol–water partition coefficient (Wildman–Crippen LogP) is 1.80. The van der Waals surface area contributed by atoms with Crippen LogP contribution in [-0.4, -0.2) is 26.5 Å². The molecule has 100 valence electrons. The molecule has 0 saturated heterocycles. The van der Waals surface area contributed by atoms with E-state index >= 15 is 0 Å². The van der Waals surface area contributed by atoms with Gasteiger partial charge in [-0.05, 0) is 24.3 Å². The molecule has 1 heterocycles. The minimum absolute atomic E-state index is 0.406. The van der Waals surface area contributed by atoms with Crippen LogP contribution in [0.2, 0.25) is 0 Å². The van der Waals surface area contributed by atoms with E-state index in [1.54, 1.807) is 30.3 Å². The SMILES string of the molecule is CN(c1ccccc1)S(=O)(=O)c1ccc(C(=O)O)o1. The number of anilines is 1. The zero-order valence-corrected chi connectivity index (χ0v) is 10.8. The van der Waals surface area contributed by atoms with Crippen molar-refractivity contribution in [1.29, 1.82) is 0 Å². The van der Waals surface area contributed by atoms with E-state index in [4.69, 9.17) is 9.52 Å². The van der Waals surface area contributed by atoms with Crippen LogP contribution < -0.4 is 4.31 Å². The van der Waals surface area contributed by atoms with E-state index in [0.717, 1.165) is 16.4 Å². The van der Waals surface area contributed by atoms with Crippen LogP contribution in [0.4, 0.5) is 5.69 Å². The van der Waals surface area contributed by atoms with Gasteiger partial charge in [0.05, 0.1) is 5.69 Å². The summed E-state index contributed by atoms with van der Waals surface area (Å²) < 4.78 is 30.3.